The third-order valence-corrected chi connectivity index (χ3v) is 3.50. The minimum absolute atomic E-state index is 0.630. The van der Waals surface area contributed by atoms with Crippen molar-refractivity contribution in [2.75, 3.05) is 6.54 Å². The predicted molar refractivity (Wildman–Crippen MR) is 81.1 cm³/mol. The Hall–Kier alpha value is -0.820. The average molecular weight is 247 g/mol. The molecule has 0 bridgehead atoms. The minimum atomic E-state index is 0.630. The van der Waals surface area contributed by atoms with Crippen molar-refractivity contribution in [3.05, 3.63) is 35.4 Å². The average Bonchev–Trinajstić information content (AvgIpc) is 2.37. The number of hydrogen-bond donors (Lipinski definition) is 1. The molecule has 0 aromatic heterocycles. The van der Waals surface area contributed by atoms with Crippen molar-refractivity contribution in [3.63, 3.8) is 0 Å². The second-order valence-electron chi connectivity index (χ2n) is 5.60. The fourth-order valence-corrected chi connectivity index (χ4v) is 2.30. The summed E-state index contributed by atoms with van der Waals surface area (Å²) >= 11 is 0. The summed E-state index contributed by atoms with van der Waals surface area (Å²) in [5, 5.41) is 3.62. The van der Waals surface area contributed by atoms with Gasteiger partial charge in [-0.3, -0.25) is 0 Å². The smallest absolute Gasteiger partial charge is 0.0107 e. The lowest BCUT2D eigenvalue weighted by Crippen LogP contribution is -2.31. The summed E-state index contributed by atoms with van der Waals surface area (Å²) in [5.74, 6) is 0.800. The number of aryl methyl sites for hydroxylation is 1. The standard InChI is InChI=1S/C17H29N/c1-5-15-8-10-16(11-9-15)13-17(18-6-2)12-7-14(3)4/h8-11,14,17-18H,5-7,12-13H2,1-4H3. The van der Waals surface area contributed by atoms with E-state index in [1.807, 2.05) is 0 Å². The van der Waals surface area contributed by atoms with E-state index >= 15 is 0 Å². The first-order chi connectivity index (χ1) is 8.65. The summed E-state index contributed by atoms with van der Waals surface area (Å²) in [7, 11) is 0. The molecule has 18 heavy (non-hydrogen) atoms. The molecule has 1 unspecified atom stereocenters. The maximum absolute atomic E-state index is 3.62. The predicted octanol–water partition coefficient (Wildman–Crippen LogP) is 4.21. The fraction of sp³-hybridized carbons (Fsp3) is 0.647. The Labute approximate surface area is 113 Å². The van der Waals surface area contributed by atoms with Gasteiger partial charge in [0.05, 0.1) is 0 Å². The molecule has 0 aliphatic rings. The molecular formula is C17H29N. The van der Waals surface area contributed by atoms with Crippen molar-refractivity contribution < 1.29 is 0 Å². The van der Waals surface area contributed by atoms with Crippen molar-refractivity contribution in [2.24, 2.45) is 5.92 Å². The minimum Gasteiger partial charge on any atom is -0.314 e. The van der Waals surface area contributed by atoms with Gasteiger partial charge in [0.15, 0.2) is 0 Å². The Bertz CT molecular complexity index is 313. The number of likely N-dealkylation sites (N-methyl/N-ethyl adjacent to an activating group) is 1. The topological polar surface area (TPSA) is 12.0 Å². The van der Waals surface area contributed by atoms with Crippen LogP contribution in [0.25, 0.3) is 0 Å². The van der Waals surface area contributed by atoms with Gasteiger partial charge >= 0.3 is 0 Å². The zero-order valence-electron chi connectivity index (χ0n) is 12.5. The van der Waals surface area contributed by atoms with Crippen LogP contribution >= 0.6 is 0 Å². The molecule has 0 aliphatic carbocycles. The lowest BCUT2D eigenvalue weighted by molar-refractivity contribution is 0.434. The van der Waals surface area contributed by atoms with E-state index in [9.17, 15) is 0 Å². The molecule has 102 valence electrons. The molecule has 1 N–H and O–H groups in total. The van der Waals surface area contributed by atoms with Crippen LogP contribution in [0.15, 0.2) is 24.3 Å². The van der Waals surface area contributed by atoms with Crippen LogP contribution in [0.4, 0.5) is 0 Å². The van der Waals surface area contributed by atoms with E-state index in [0.29, 0.717) is 6.04 Å². The van der Waals surface area contributed by atoms with Gasteiger partial charge in [0.1, 0.15) is 0 Å². The second-order valence-corrected chi connectivity index (χ2v) is 5.60. The van der Waals surface area contributed by atoms with Gasteiger partial charge in [-0.25, -0.2) is 0 Å². The first-order valence-electron chi connectivity index (χ1n) is 7.46. The molecule has 1 heteroatoms. The van der Waals surface area contributed by atoms with Crippen molar-refractivity contribution in [2.45, 2.75) is 59.4 Å². The van der Waals surface area contributed by atoms with E-state index in [-0.39, 0.29) is 0 Å². The quantitative estimate of drug-likeness (QED) is 0.726. The van der Waals surface area contributed by atoms with Crippen molar-refractivity contribution in [1.29, 1.82) is 0 Å². The van der Waals surface area contributed by atoms with Crippen LogP contribution < -0.4 is 5.32 Å². The molecule has 0 saturated heterocycles. The lowest BCUT2D eigenvalue weighted by atomic mass is 9.97. The lowest BCUT2D eigenvalue weighted by Gasteiger charge is -2.19. The van der Waals surface area contributed by atoms with E-state index < -0.39 is 0 Å². The van der Waals surface area contributed by atoms with E-state index in [1.165, 1.54) is 24.0 Å². The zero-order chi connectivity index (χ0) is 13.4. The highest BCUT2D eigenvalue weighted by Gasteiger charge is 2.09. The van der Waals surface area contributed by atoms with Gasteiger partial charge in [-0.2, -0.15) is 0 Å². The normalized spacial score (nSPS) is 12.9. The van der Waals surface area contributed by atoms with Gasteiger partial charge in [0.25, 0.3) is 0 Å². The molecule has 1 nitrogen and oxygen atoms in total. The first-order valence-corrected chi connectivity index (χ1v) is 7.46. The number of hydrogen-bond acceptors (Lipinski definition) is 1. The van der Waals surface area contributed by atoms with Gasteiger partial charge in [-0.15, -0.1) is 0 Å². The Morgan fingerprint density at radius 3 is 2.06 bits per heavy atom. The molecule has 1 atom stereocenters. The summed E-state index contributed by atoms with van der Waals surface area (Å²) in [6.07, 6.45) is 4.88. The molecule has 0 amide bonds. The third-order valence-electron chi connectivity index (χ3n) is 3.50. The number of nitrogens with one attached hydrogen (secondary N) is 1. The first kappa shape index (κ1) is 15.2. The zero-order valence-corrected chi connectivity index (χ0v) is 12.5. The summed E-state index contributed by atoms with van der Waals surface area (Å²) < 4.78 is 0. The van der Waals surface area contributed by atoms with Gasteiger partial charge in [-0.1, -0.05) is 52.0 Å². The SMILES string of the molecule is CCNC(CCC(C)C)Cc1ccc(CC)cc1. The summed E-state index contributed by atoms with van der Waals surface area (Å²) in [6, 6.07) is 9.74. The van der Waals surface area contributed by atoms with Crippen LogP contribution in [0.2, 0.25) is 0 Å². The monoisotopic (exact) mass is 247 g/mol. The number of benzene rings is 1. The van der Waals surface area contributed by atoms with Crippen LogP contribution in [0.1, 0.15) is 51.7 Å². The molecular weight excluding hydrogens is 218 g/mol. The Kier molecular flexibility index (Phi) is 7.04. The highest BCUT2D eigenvalue weighted by molar-refractivity contribution is 5.23. The van der Waals surface area contributed by atoms with Crippen LogP contribution in [0.3, 0.4) is 0 Å². The molecule has 0 aliphatic heterocycles. The molecule has 1 aromatic rings. The highest BCUT2D eigenvalue weighted by atomic mass is 14.9. The maximum atomic E-state index is 3.62. The largest absolute Gasteiger partial charge is 0.314 e. The van der Waals surface area contributed by atoms with Crippen molar-refractivity contribution in [3.8, 4) is 0 Å². The Morgan fingerprint density at radius 2 is 1.56 bits per heavy atom. The van der Waals surface area contributed by atoms with E-state index in [2.05, 4.69) is 57.3 Å². The molecule has 0 radical (unpaired) electrons. The fourth-order valence-electron chi connectivity index (χ4n) is 2.30. The van der Waals surface area contributed by atoms with Crippen LogP contribution in [-0.2, 0) is 12.8 Å². The molecule has 0 heterocycles. The Balaban J connectivity index is 2.52. The summed E-state index contributed by atoms with van der Waals surface area (Å²) in [6.45, 7) is 10.1. The van der Waals surface area contributed by atoms with Gasteiger partial charge in [0.2, 0.25) is 0 Å². The van der Waals surface area contributed by atoms with Crippen LogP contribution in [0.5, 0.6) is 0 Å². The van der Waals surface area contributed by atoms with Crippen molar-refractivity contribution >= 4 is 0 Å². The summed E-state index contributed by atoms with van der Waals surface area (Å²) in [5.41, 5.74) is 2.89. The van der Waals surface area contributed by atoms with Crippen LogP contribution in [0, 0.1) is 5.92 Å². The van der Waals surface area contributed by atoms with Crippen molar-refractivity contribution in [1.82, 2.24) is 5.32 Å². The molecule has 0 fully saturated rings. The molecule has 1 aromatic carbocycles. The molecule has 1 rings (SSSR count). The molecule has 0 spiro atoms. The van der Waals surface area contributed by atoms with Crippen LogP contribution in [-0.4, -0.2) is 12.6 Å². The van der Waals surface area contributed by atoms with Gasteiger partial charge in [-0.05, 0) is 49.3 Å². The summed E-state index contributed by atoms with van der Waals surface area (Å²) in [4.78, 5) is 0. The maximum Gasteiger partial charge on any atom is 0.0107 e. The van der Waals surface area contributed by atoms with Gasteiger partial charge < -0.3 is 5.32 Å². The third kappa shape index (κ3) is 5.68. The van der Waals surface area contributed by atoms with Gasteiger partial charge in [0, 0.05) is 6.04 Å². The number of rotatable bonds is 8. The van der Waals surface area contributed by atoms with E-state index in [4.69, 9.17) is 0 Å². The second kappa shape index (κ2) is 8.31. The molecule has 0 saturated carbocycles. The Morgan fingerprint density at radius 1 is 0.944 bits per heavy atom. The van der Waals surface area contributed by atoms with E-state index in [1.54, 1.807) is 0 Å². The highest BCUT2D eigenvalue weighted by Crippen LogP contribution is 2.13. The van der Waals surface area contributed by atoms with E-state index in [0.717, 1.165) is 25.3 Å².